The van der Waals surface area contributed by atoms with Gasteiger partial charge in [-0.15, -0.1) is 0 Å². The van der Waals surface area contributed by atoms with Crippen LogP contribution in [0.25, 0.3) is 0 Å². The van der Waals surface area contributed by atoms with Crippen molar-refractivity contribution in [2.24, 2.45) is 0 Å². The van der Waals surface area contributed by atoms with E-state index in [2.05, 4.69) is 4.42 Å². The summed E-state index contributed by atoms with van der Waals surface area (Å²) in [5.41, 5.74) is 0. The van der Waals surface area contributed by atoms with Gasteiger partial charge in [0.25, 0.3) is 0 Å². The Balaban J connectivity index is 0.000000250. The summed E-state index contributed by atoms with van der Waals surface area (Å²) in [7, 11) is 0. The van der Waals surface area contributed by atoms with E-state index in [0.29, 0.717) is 0 Å². The summed E-state index contributed by atoms with van der Waals surface area (Å²) in [6, 6.07) is 3.67. The maximum atomic E-state index is 4.58. The van der Waals surface area contributed by atoms with E-state index in [9.17, 15) is 0 Å². The SMILES string of the molecule is [Ti+4].c1ccoc1. The van der Waals surface area contributed by atoms with Gasteiger partial charge in [0.2, 0.25) is 0 Å². The predicted octanol–water partition coefficient (Wildman–Crippen LogP) is 1.28. The molecule has 0 radical (unpaired) electrons. The molecule has 0 aliphatic rings. The Labute approximate surface area is 51.2 Å². The average Bonchev–Trinajstić information content (AvgIpc) is 1.76. The minimum Gasteiger partial charge on any atom is -0.473 e. The van der Waals surface area contributed by atoms with E-state index in [-0.39, 0.29) is 21.7 Å². The molecule has 0 unspecified atom stereocenters. The van der Waals surface area contributed by atoms with Gasteiger partial charge in [-0.1, -0.05) is 0 Å². The third kappa shape index (κ3) is 1.44. The van der Waals surface area contributed by atoms with Crippen molar-refractivity contribution in [3.8, 4) is 0 Å². The van der Waals surface area contributed by atoms with E-state index in [1.807, 2.05) is 12.1 Å². The fourth-order valence-corrected chi connectivity index (χ4v) is 0.227. The molecule has 2 heteroatoms. The molecule has 26 valence electrons. The second-order valence-corrected chi connectivity index (χ2v) is 0.793. The summed E-state index contributed by atoms with van der Waals surface area (Å²) in [6.07, 6.45) is 3.25. The number of hydrogen-bond donors (Lipinski definition) is 0. The van der Waals surface area contributed by atoms with E-state index < -0.39 is 0 Å². The van der Waals surface area contributed by atoms with Crippen LogP contribution in [0.4, 0.5) is 0 Å². The molecule has 0 aliphatic carbocycles. The van der Waals surface area contributed by atoms with Crippen LogP contribution in [0, 0.1) is 0 Å². The van der Waals surface area contributed by atoms with Gasteiger partial charge in [0.15, 0.2) is 0 Å². The molecule has 0 fully saturated rings. The zero-order valence-electron chi connectivity index (χ0n) is 3.22. The molecule has 1 aromatic rings. The Morgan fingerprint density at radius 3 is 1.67 bits per heavy atom. The average molecular weight is 116 g/mol. The van der Waals surface area contributed by atoms with Crippen molar-refractivity contribution in [3.05, 3.63) is 24.7 Å². The Morgan fingerprint density at radius 2 is 1.50 bits per heavy atom. The second kappa shape index (κ2) is 3.19. The van der Waals surface area contributed by atoms with Crippen LogP contribution in [-0.2, 0) is 21.7 Å². The van der Waals surface area contributed by atoms with Crippen LogP contribution < -0.4 is 0 Å². The van der Waals surface area contributed by atoms with Gasteiger partial charge in [-0.3, -0.25) is 0 Å². The zero-order valence-corrected chi connectivity index (χ0v) is 4.78. The molecular weight excluding hydrogens is 112 g/mol. The van der Waals surface area contributed by atoms with E-state index in [1.54, 1.807) is 12.5 Å². The van der Waals surface area contributed by atoms with Gasteiger partial charge in [-0.25, -0.2) is 0 Å². The summed E-state index contributed by atoms with van der Waals surface area (Å²) in [4.78, 5) is 0. The van der Waals surface area contributed by atoms with Crippen molar-refractivity contribution in [2.75, 3.05) is 0 Å². The smallest absolute Gasteiger partial charge is 0.473 e. The maximum absolute atomic E-state index is 4.58. The summed E-state index contributed by atoms with van der Waals surface area (Å²) in [5.74, 6) is 0. The van der Waals surface area contributed by atoms with E-state index in [4.69, 9.17) is 0 Å². The first-order valence-corrected chi connectivity index (χ1v) is 1.47. The topological polar surface area (TPSA) is 13.1 Å². The molecule has 0 atom stereocenters. The van der Waals surface area contributed by atoms with E-state index in [0.717, 1.165) is 0 Å². The molecule has 0 amide bonds. The van der Waals surface area contributed by atoms with Gasteiger partial charge in [-0.2, -0.15) is 0 Å². The van der Waals surface area contributed by atoms with Gasteiger partial charge in [0.1, 0.15) is 0 Å². The fourth-order valence-electron chi connectivity index (χ4n) is 0.227. The molecule has 1 rings (SSSR count). The minimum absolute atomic E-state index is 0. The van der Waals surface area contributed by atoms with Crippen LogP contribution in [0.1, 0.15) is 0 Å². The molecule has 0 bridgehead atoms. The molecule has 0 spiro atoms. The Kier molecular flexibility index (Phi) is 3.19. The number of furan rings is 1. The largest absolute Gasteiger partial charge is 4.00 e. The normalized spacial score (nSPS) is 6.67. The molecule has 0 aromatic carbocycles. The van der Waals surface area contributed by atoms with Gasteiger partial charge in [0, 0.05) is 0 Å². The molecule has 0 saturated heterocycles. The van der Waals surface area contributed by atoms with Crippen LogP contribution in [-0.4, -0.2) is 0 Å². The summed E-state index contributed by atoms with van der Waals surface area (Å²) in [6.45, 7) is 0. The van der Waals surface area contributed by atoms with Crippen LogP contribution in [0.2, 0.25) is 0 Å². The molecule has 0 saturated carbocycles. The van der Waals surface area contributed by atoms with Crippen molar-refractivity contribution >= 4 is 0 Å². The summed E-state index contributed by atoms with van der Waals surface area (Å²) in [5, 5.41) is 0. The quantitative estimate of drug-likeness (QED) is 0.465. The standard InChI is InChI=1S/C4H4O.Ti/c1-2-4-5-3-1;/h1-4H;/q;+4. The molecule has 1 heterocycles. The number of hydrogen-bond acceptors (Lipinski definition) is 1. The third-order valence-corrected chi connectivity index (χ3v) is 0.425. The molecule has 1 aromatic heterocycles. The first kappa shape index (κ1) is 5.99. The van der Waals surface area contributed by atoms with Crippen molar-refractivity contribution in [2.45, 2.75) is 0 Å². The first-order chi connectivity index (χ1) is 2.50. The van der Waals surface area contributed by atoms with Gasteiger partial charge < -0.3 is 4.42 Å². The Bertz CT molecular complexity index is 64.0. The molecule has 0 aliphatic heterocycles. The van der Waals surface area contributed by atoms with Crippen molar-refractivity contribution in [3.63, 3.8) is 0 Å². The minimum atomic E-state index is 0. The molecule has 0 N–H and O–H groups in total. The Morgan fingerprint density at radius 1 is 1.00 bits per heavy atom. The van der Waals surface area contributed by atoms with Crippen LogP contribution >= 0.6 is 0 Å². The first-order valence-electron chi connectivity index (χ1n) is 1.47. The summed E-state index contributed by atoms with van der Waals surface area (Å²) < 4.78 is 4.58. The van der Waals surface area contributed by atoms with Gasteiger partial charge in [-0.05, 0) is 12.1 Å². The monoisotopic (exact) mass is 116 g/mol. The molecule has 1 nitrogen and oxygen atoms in total. The van der Waals surface area contributed by atoms with Gasteiger partial charge in [0.05, 0.1) is 12.5 Å². The van der Waals surface area contributed by atoms with E-state index >= 15 is 0 Å². The van der Waals surface area contributed by atoms with Gasteiger partial charge >= 0.3 is 21.7 Å². The Hall–Kier alpha value is -0.00571. The van der Waals surface area contributed by atoms with Crippen molar-refractivity contribution in [1.29, 1.82) is 0 Å². The van der Waals surface area contributed by atoms with Crippen molar-refractivity contribution in [1.82, 2.24) is 0 Å². The van der Waals surface area contributed by atoms with Crippen LogP contribution in [0.3, 0.4) is 0 Å². The fraction of sp³-hybridized carbons (Fsp3) is 0. The number of rotatable bonds is 0. The summed E-state index contributed by atoms with van der Waals surface area (Å²) >= 11 is 0. The second-order valence-electron chi connectivity index (χ2n) is 0.793. The molecular formula is C4H4OTi+4. The zero-order chi connectivity index (χ0) is 3.54. The van der Waals surface area contributed by atoms with E-state index in [1.165, 1.54) is 0 Å². The maximum Gasteiger partial charge on any atom is 4.00 e. The van der Waals surface area contributed by atoms with Crippen LogP contribution in [0.5, 0.6) is 0 Å². The third-order valence-electron chi connectivity index (χ3n) is 0.425. The predicted molar refractivity (Wildman–Crippen MR) is 18.7 cm³/mol. The molecule has 6 heavy (non-hydrogen) atoms. The van der Waals surface area contributed by atoms with Crippen LogP contribution in [0.15, 0.2) is 29.1 Å². The van der Waals surface area contributed by atoms with Crippen molar-refractivity contribution < 1.29 is 26.1 Å².